The number of nitrogens with one attached hydrogen (secondary N) is 1. The molecule has 1 rings (SSSR count). The summed E-state index contributed by atoms with van der Waals surface area (Å²) in [6, 6.07) is 0. The van der Waals surface area contributed by atoms with Gasteiger partial charge in [-0.2, -0.15) is 0 Å². The molecule has 0 saturated carbocycles. The van der Waals surface area contributed by atoms with Crippen molar-refractivity contribution in [3.63, 3.8) is 0 Å². The Kier molecular flexibility index (Phi) is 3.13. The quantitative estimate of drug-likeness (QED) is 0.706. The minimum Gasteiger partial charge on any atom is -0.360 e. The van der Waals surface area contributed by atoms with Crippen LogP contribution in [0.15, 0.2) is 4.99 Å². The van der Waals surface area contributed by atoms with Crippen molar-refractivity contribution < 1.29 is 4.79 Å². The number of rotatable bonds is 2. The van der Waals surface area contributed by atoms with Gasteiger partial charge in [-0.05, 0) is 20.3 Å². The average molecular weight is 197 g/mol. The zero-order valence-corrected chi connectivity index (χ0v) is 9.42. The third kappa shape index (κ3) is 2.47. The number of amides is 1. The molecule has 1 heterocycles. The molecule has 0 radical (unpaired) electrons. The van der Waals surface area contributed by atoms with Crippen LogP contribution in [-0.2, 0) is 4.79 Å². The number of carbonyl (C=O) groups excluding carboxylic acids is 1. The Morgan fingerprint density at radius 2 is 2.14 bits per heavy atom. The van der Waals surface area contributed by atoms with Crippen molar-refractivity contribution in [2.45, 2.75) is 32.2 Å². The number of hydrogen-bond acceptors (Lipinski definition) is 3. The van der Waals surface area contributed by atoms with Gasteiger partial charge in [-0.25, -0.2) is 0 Å². The van der Waals surface area contributed by atoms with Crippen LogP contribution in [0.1, 0.15) is 26.7 Å². The van der Waals surface area contributed by atoms with Gasteiger partial charge in [0, 0.05) is 27.1 Å². The van der Waals surface area contributed by atoms with Crippen molar-refractivity contribution in [2.75, 3.05) is 20.6 Å². The van der Waals surface area contributed by atoms with Gasteiger partial charge in [-0.3, -0.25) is 9.79 Å². The highest BCUT2D eigenvalue weighted by Crippen LogP contribution is 2.10. The van der Waals surface area contributed by atoms with Gasteiger partial charge < -0.3 is 10.2 Å². The van der Waals surface area contributed by atoms with Gasteiger partial charge in [0.05, 0.1) is 5.84 Å². The molecule has 4 heteroatoms. The van der Waals surface area contributed by atoms with Gasteiger partial charge in [0.2, 0.25) is 5.91 Å². The average Bonchev–Trinajstić information content (AvgIpc) is 2.54. The van der Waals surface area contributed by atoms with Crippen molar-refractivity contribution in [3.8, 4) is 0 Å². The lowest BCUT2D eigenvalue weighted by Gasteiger charge is -2.29. The highest BCUT2D eigenvalue weighted by Gasteiger charge is 2.30. The lowest BCUT2D eigenvalue weighted by Crippen LogP contribution is -2.53. The van der Waals surface area contributed by atoms with Crippen LogP contribution in [-0.4, -0.2) is 42.8 Å². The Hall–Kier alpha value is -1.06. The molecule has 4 nitrogen and oxygen atoms in total. The summed E-state index contributed by atoms with van der Waals surface area (Å²) in [7, 11) is 3.53. The topological polar surface area (TPSA) is 44.7 Å². The Morgan fingerprint density at radius 3 is 2.57 bits per heavy atom. The number of aliphatic imine (C=N–C) groups is 1. The Morgan fingerprint density at radius 1 is 1.50 bits per heavy atom. The summed E-state index contributed by atoms with van der Waals surface area (Å²) in [5, 5.41) is 3.20. The first kappa shape index (κ1) is 11.0. The molecule has 0 unspecified atom stereocenters. The monoisotopic (exact) mass is 197 g/mol. The summed E-state index contributed by atoms with van der Waals surface area (Å²) in [6.07, 6.45) is 2.05. The SMILES string of the molecule is CN(C)C(=O)C(C)(C)NC1=NCCC1. The molecule has 1 aliphatic heterocycles. The van der Waals surface area contributed by atoms with E-state index >= 15 is 0 Å². The van der Waals surface area contributed by atoms with E-state index in [4.69, 9.17) is 0 Å². The van der Waals surface area contributed by atoms with Crippen molar-refractivity contribution in [3.05, 3.63) is 0 Å². The number of likely N-dealkylation sites (N-methyl/N-ethyl adjacent to an activating group) is 1. The second-order valence-electron chi connectivity index (χ2n) is 4.38. The lowest BCUT2D eigenvalue weighted by molar-refractivity contribution is -0.133. The summed E-state index contributed by atoms with van der Waals surface area (Å²) in [4.78, 5) is 17.7. The van der Waals surface area contributed by atoms with Gasteiger partial charge in [-0.15, -0.1) is 0 Å². The molecule has 0 bridgehead atoms. The molecule has 80 valence electrons. The van der Waals surface area contributed by atoms with Crippen LogP contribution in [0, 0.1) is 0 Å². The van der Waals surface area contributed by atoms with Gasteiger partial charge in [-0.1, -0.05) is 0 Å². The van der Waals surface area contributed by atoms with Crippen LogP contribution < -0.4 is 5.32 Å². The van der Waals surface area contributed by atoms with Crippen LogP contribution in [0.4, 0.5) is 0 Å². The van der Waals surface area contributed by atoms with Crippen LogP contribution in [0.25, 0.3) is 0 Å². The van der Waals surface area contributed by atoms with Gasteiger partial charge >= 0.3 is 0 Å². The summed E-state index contributed by atoms with van der Waals surface area (Å²) in [5.41, 5.74) is -0.549. The van der Waals surface area contributed by atoms with Crippen molar-refractivity contribution in [1.29, 1.82) is 0 Å². The van der Waals surface area contributed by atoms with E-state index in [0.29, 0.717) is 0 Å². The number of amidine groups is 1. The molecule has 0 aliphatic carbocycles. The fourth-order valence-corrected chi connectivity index (χ4v) is 1.61. The molecule has 0 aromatic rings. The highest BCUT2D eigenvalue weighted by atomic mass is 16.2. The predicted octanol–water partition coefficient (Wildman–Crippen LogP) is 0.635. The smallest absolute Gasteiger partial charge is 0.247 e. The van der Waals surface area contributed by atoms with E-state index in [1.54, 1.807) is 19.0 Å². The largest absolute Gasteiger partial charge is 0.360 e. The van der Waals surface area contributed by atoms with Crippen molar-refractivity contribution in [1.82, 2.24) is 10.2 Å². The van der Waals surface area contributed by atoms with E-state index in [1.165, 1.54) is 0 Å². The van der Waals surface area contributed by atoms with E-state index in [9.17, 15) is 4.79 Å². The molecule has 14 heavy (non-hydrogen) atoms. The Balaban J connectivity index is 2.60. The van der Waals surface area contributed by atoms with Gasteiger partial charge in [0.1, 0.15) is 5.54 Å². The van der Waals surface area contributed by atoms with E-state index in [0.717, 1.165) is 25.2 Å². The standard InChI is InChI=1S/C10H19N3O/c1-10(2,9(14)13(3)4)12-8-6-5-7-11-8/h5-7H2,1-4H3,(H,11,12). The first-order chi connectivity index (χ1) is 6.43. The van der Waals surface area contributed by atoms with E-state index in [-0.39, 0.29) is 5.91 Å². The number of hydrogen-bond donors (Lipinski definition) is 1. The number of nitrogens with zero attached hydrogens (tertiary/aromatic N) is 2. The fraction of sp³-hybridized carbons (Fsp3) is 0.800. The third-order valence-corrected chi connectivity index (χ3v) is 2.27. The van der Waals surface area contributed by atoms with Gasteiger partial charge in [0.15, 0.2) is 0 Å². The van der Waals surface area contributed by atoms with E-state index < -0.39 is 5.54 Å². The Labute approximate surface area is 85.4 Å². The summed E-state index contributed by atoms with van der Waals surface area (Å²) in [6.45, 7) is 4.65. The molecule has 1 amide bonds. The molecule has 0 fully saturated rings. The molecule has 0 aromatic carbocycles. The molecule has 0 aromatic heterocycles. The highest BCUT2D eigenvalue weighted by molar-refractivity contribution is 5.92. The maximum Gasteiger partial charge on any atom is 0.247 e. The Bertz CT molecular complexity index is 256. The van der Waals surface area contributed by atoms with Crippen LogP contribution in [0.5, 0.6) is 0 Å². The summed E-state index contributed by atoms with van der Waals surface area (Å²) < 4.78 is 0. The second kappa shape index (κ2) is 3.98. The van der Waals surface area contributed by atoms with Gasteiger partial charge in [0.25, 0.3) is 0 Å². The normalized spacial score (nSPS) is 16.4. The second-order valence-corrected chi connectivity index (χ2v) is 4.38. The first-order valence-electron chi connectivity index (χ1n) is 4.97. The lowest BCUT2D eigenvalue weighted by atomic mass is 10.0. The summed E-state index contributed by atoms with van der Waals surface area (Å²) in [5.74, 6) is 1.04. The maximum atomic E-state index is 11.8. The summed E-state index contributed by atoms with van der Waals surface area (Å²) >= 11 is 0. The zero-order chi connectivity index (χ0) is 10.8. The number of carbonyl (C=O) groups is 1. The maximum absolute atomic E-state index is 11.8. The molecular formula is C10H19N3O. The van der Waals surface area contributed by atoms with Crippen molar-refractivity contribution in [2.24, 2.45) is 4.99 Å². The fourth-order valence-electron chi connectivity index (χ4n) is 1.61. The minimum atomic E-state index is -0.549. The zero-order valence-electron chi connectivity index (χ0n) is 9.42. The molecule has 0 atom stereocenters. The van der Waals surface area contributed by atoms with Crippen LogP contribution >= 0.6 is 0 Å². The minimum absolute atomic E-state index is 0.0760. The molecule has 0 saturated heterocycles. The molecule has 0 spiro atoms. The molecular weight excluding hydrogens is 178 g/mol. The third-order valence-electron chi connectivity index (χ3n) is 2.27. The van der Waals surface area contributed by atoms with E-state index in [1.807, 2.05) is 13.8 Å². The van der Waals surface area contributed by atoms with Crippen molar-refractivity contribution >= 4 is 11.7 Å². The van der Waals surface area contributed by atoms with Crippen LogP contribution in [0.2, 0.25) is 0 Å². The molecule has 1 N–H and O–H groups in total. The molecule has 1 aliphatic rings. The van der Waals surface area contributed by atoms with E-state index in [2.05, 4.69) is 10.3 Å². The first-order valence-corrected chi connectivity index (χ1v) is 4.97. The van der Waals surface area contributed by atoms with Crippen LogP contribution in [0.3, 0.4) is 0 Å². The predicted molar refractivity (Wildman–Crippen MR) is 57.4 cm³/mol.